The molecule has 0 N–H and O–H groups in total. The summed E-state index contributed by atoms with van der Waals surface area (Å²) in [5.41, 5.74) is 1.55. The lowest BCUT2D eigenvalue weighted by Gasteiger charge is -2.02. The summed E-state index contributed by atoms with van der Waals surface area (Å²) in [6.45, 7) is 0. The van der Waals surface area contributed by atoms with Crippen LogP contribution in [0.4, 0.5) is 0 Å². The van der Waals surface area contributed by atoms with E-state index in [4.69, 9.17) is 4.74 Å². The quantitative estimate of drug-likeness (QED) is 0.800. The number of fused-ring (bicyclic) bond motifs is 1. The van der Waals surface area contributed by atoms with Crippen LogP contribution in [0.3, 0.4) is 0 Å². The van der Waals surface area contributed by atoms with Crippen LogP contribution in [0.25, 0.3) is 10.9 Å². The van der Waals surface area contributed by atoms with Crippen molar-refractivity contribution < 1.29 is 9.53 Å². The fraction of sp³-hybridized carbons (Fsp3) is 0.333. The number of aromatic nitrogens is 2. The molecule has 0 bridgehead atoms. The van der Waals surface area contributed by atoms with E-state index in [0.29, 0.717) is 11.6 Å². The van der Waals surface area contributed by atoms with Crippen molar-refractivity contribution in [3.63, 3.8) is 0 Å². The van der Waals surface area contributed by atoms with Gasteiger partial charge < -0.3 is 4.74 Å². The Morgan fingerprint density at radius 1 is 1.53 bits per heavy atom. The van der Waals surface area contributed by atoms with Crippen LogP contribution in [0.1, 0.15) is 29.2 Å². The van der Waals surface area contributed by atoms with Crippen LogP contribution in [-0.2, 0) is 4.74 Å². The van der Waals surface area contributed by atoms with Crippen LogP contribution in [0, 0.1) is 0 Å². The molecule has 1 aliphatic rings. The van der Waals surface area contributed by atoms with Crippen molar-refractivity contribution in [3.8, 4) is 0 Å². The molecule has 0 amide bonds. The topological polar surface area (TPSA) is 44.1 Å². The third-order valence-electron chi connectivity index (χ3n) is 2.98. The highest BCUT2D eigenvalue weighted by molar-refractivity contribution is 9.10. The molecule has 5 heteroatoms. The number of nitrogens with zero attached hydrogens (tertiary/aromatic N) is 2. The Hall–Kier alpha value is -1.36. The Kier molecular flexibility index (Phi) is 2.43. The molecule has 0 spiro atoms. The van der Waals surface area contributed by atoms with Crippen molar-refractivity contribution in [3.05, 3.63) is 28.4 Å². The number of benzene rings is 1. The summed E-state index contributed by atoms with van der Waals surface area (Å²) in [7, 11) is 1.39. The summed E-state index contributed by atoms with van der Waals surface area (Å²) in [5.74, 6) is -0.313. The summed E-state index contributed by atoms with van der Waals surface area (Å²) in [5, 5.41) is 5.49. The van der Waals surface area contributed by atoms with Crippen LogP contribution in [-0.4, -0.2) is 22.9 Å². The molecule has 1 fully saturated rings. The Bertz CT molecular complexity index is 602. The zero-order valence-electron chi connectivity index (χ0n) is 9.31. The fourth-order valence-electron chi connectivity index (χ4n) is 1.94. The first-order valence-electron chi connectivity index (χ1n) is 5.47. The zero-order valence-corrected chi connectivity index (χ0v) is 10.9. The molecular weight excluding hydrogens is 284 g/mol. The summed E-state index contributed by atoms with van der Waals surface area (Å²) in [6.07, 6.45) is 2.32. The van der Waals surface area contributed by atoms with Crippen LogP contribution in [0.15, 0.2) is 22.8 Å². The number of halogens is 1. The van der Waals surface area contributed by atoms with E-state index in [1.165, 1.54) is 7.11 Å². The maximum absolute atomic E-state index is 11.5. The highest BCUT2D eigenvalue weighted by atomic mass is 79.9. The minimum absolute atomic E-state index is 0.313. The molecule has 3 rings (SSSR count). The molecule has 1 heterocycles. The van der Waals surface area contributed by atoms with E-state index in [1.807, 2.05) is 16.8 Å². The van der Waals surface area contributed by atoms with Gasteiger partial charge in [0.05, 0.1) is 24.2 Å². The molecule has 0 radical (unpaired) electrons. The monoisotopic (exact) mass is 294 g/mol. The van der Waals surface area contributed by atoms with Crippen LogP contribution < -0.4 is 0 Å². The molecule has 0 saturated heterocycles. The van der Waals surface area contributed by atoms with E-state index < -0.39 is 0 Å². The largest absolute Gasteiger partial charge is 0.465 e. The summed E-state index contributed by atoms with van der Waals surface area (Å²) >= 11 is 3.44. The van der Waals surface area contributed by atoms with Crippen molar-refractivity contribution in [2.45, 2.75) is 18.9 Å². The molecule has 0 atom stereocenters. The second-order valence-corrected chi connectivity index (χ2v) is 4.94. The predicted octanol–water partition coefficient (Wildman–Crippen LogP) is 2.92. The maximum atomic E-state index is 11.5. The number of methoxy groups -OCH3 is 1. The van der Waals surface area contributed by atoms with Gasteiger partial charge in [-0.2, -0.15) is 5.10 Å². The van der Waals surface area contributed by atoms with Crippen molar-refractivity contribution in [2.75, 3.05) is 7.11 Å². The van der Waals surface area contributed by atoms with E-state index in [2.05, 4.69) is 21.0 Å². The number of ether oxygens (including phenoxy) is 1. The Morgan fingerprint density at radius 3 is 2.94 bits per heavy atom. The van der Waals surface area contributed by atoms with Gasteiger partial charge in [0.1, 0.15) is 4.60 Å². The molecule has 17 heavy (non-hydrogen) atoms. The van der Waals surface area contributed by atoms with E-state index >= 15 is 0 Å². The molecule has 88 valence electrons. The average Bonchev–Trinajstić information content (AvgIpc) is 3.14. The second kappa shape index (κ2) is 3.84. The molecule has 1 aliphatic carbocycles. The van der Waals surface area contributed by atoms with E-state index in [1.54, 1.807) is 6.07 Å². The second-order valence-electron chi connectivity index (χ2n) is 4.19. The fourth-order valence-corrected chi connectivity index (χ4v) is 2.45. The highest BCUT2D eigenvalue weighted by Crippen LogP contribution is 2.38. The van der Waals surface area contributed by atoms with Gasteiger partial charge in [0.25, 0.3) is 0 Å². The van der Waals surface area contributed by atoms with Crippen molar-refractivity contribution >= 4 is 32.8 Å². The number of hydrogen-bond acceptors (Lipinski definition) is 3. The normalized spacial score (nSPS) is 15.2. The number of carbonyl (C=O) groups excluding carboxylic acids is 1. The number of carbonyl (C=O) groups is 1. The molecule has 4 nitrogen and oxygen atoms in total. The van der Waals surface area contributed by atoms with E-state index in [-0.39, 0.29) is 5.97 Å². The number of esters is 1. The lowest BCUT2D eigenvalue weighted by Crippen LogP contribution is -2.02. The Balaban J connectivity index is 2.19. The first-order chi connectivity index (χ1) is 8.20. The van der Waals surface area contributed by atoms with Crippen LogP contribution in [0.2, 0.25) is 0 Å². The molecule has 0 unspecified atom stereocenters. The van der Waals surface area contributed by atoms with Gasteiger partial charge >= 0.3 is 5.97 Å². The molecule has 1 saturated carbocycles. The molecular formula is C12H11BrN2O2. The Morgan fingerprint density at radius 2 is 2.29 bits per heavy atom. The summed E-state index contributed by atoms with van der Waals surface area (Å²) < 4.78 is 7.55. The van der Waals surface area contributed by atoms with Gasteiger partial charge in [-0.25, -0.2) is 4.79 Å². The van der Waals surface area contributed by atoms with Crippen LogP contribution in [0.5, 0.6) is 0 Å². The molecule has 1 aromatic heterocycles. The van der Waals surface area contributed by atoms with Crippen LogP contribution >= 0.6 is 15.9 Å². The van der Waals surface area contributed by atoms with Gasteiger partial charge in [0.15, 0.2) is 0 Å². The van der Waals surface area contributed by atoms with Gasteiger partial charge in [0.2, 0.25) is 0 Å². The Labute approximate surface area is 107 Å². The highest BCUT2D eigenvalue weighted by Gasteiger charge is 2.27. The third kappa shape index (κ3) is 1.74. The first kappa shape index (κ1) is 10.8. The number of rotatable bonds is 2. The van der Waals surface area contributed by atoms with E-state index in [9.17, 15) is 4.79 Å². The first-order valence-corrected chi connectivity index (χ1v) is 6.26. The van der Waals surface area contributed by atoms with Gasteiger partial charge in [0, 0.05) is 5.39 Å². The SMILES string of the molecule is COC(=O)c1ccc2c(Br)nn(C3CC3)c2c1. The van der Waals surface area contributed by atoms with Crippen molar-refractivity contribution in [1.29, 1.82) is 0 Å². The standard InChI is InChI=1S/C12H11BrN2O2/c1-17-12(16)7-2-5-9-10(6-7)15(8-3-4-8)14-11(9)13/h2,5-6,8H,3-4H2,1H3. The molecule has 1 aromatic carbocycles. The predicted molar refractivity (Wildman–Crippen MR) is 67.0 cm³/mol. The maximum Gasteiger partial charge on any atom is 0.337 e. The van der Waals surface area contributed by atoms with E-state index in [0.717, 1.165) is 28.3 Å². The lowest BCUT2D eigenvalue weighted by atomic mass is 10.1. The third-order valence-corrected chi connectivity index (χ3v) is 3.56. The van der Waals surface area contributed by atoms with Gasteiger partial charge in [-0.3, -0.25) is 4.68 Å². The van der Waals surface area contributed by atoms with Gasteiger partial charge in [-0.05, 0) is 47.0 Å². The summed E-state index contributed by atoms with van der Waals surface area (Å²) in [4.78, 5) is 11.5. The average molecular weight is 295 g/mol. The van der Waals surface area contributed by atoms with Crippen molar-refractivity contribution in [2.24, 2.45) is 0 Å². The minimum Gasteiger partial charge on any atom is -0.465 e. The van der Waals surface area contributed by atoms with Crippen molar-refractivity contribution in [1.82, 2.24) is 9.78 Å². The zero-order chi connectivity index (χ0) is 12.0. The smallest absolute Gasteiger partial charge is 0.337 e. The van der Waals surface area contributed by atoms with Gasteiger partial charge in [-0.15, -0.1) is 0 Å². The summed E-state index contributed by atoms with van der Waals surface area (Å²) in [6, 6.07) is 5.99. The van der Waals surface area contributed by atoms with Gasteiger partial charge in [-0.1, -0.05) is 0 Å². The lowest BCUT2D eigenvalue weighted by molar-refractivity contribution is 0.0601. The molecule has 2 aromatic rings. The minimum atomic E-state index is -0.313. The molecule has 0 aliphatic heterocycles. The number of hydrogen-bond donors (Lipinski definition) is 0.